The van der Waals surface area contributed by atoms with Crippen LogP contribution in [0.5, 0.6) is 23.0 Å². The summed E-state index contributed by atoms with van der Waals surface area (Å²) in [6.07, 6.45) is 1.68. The van der Waals surface area contributed by atoms with Crippen LogP contribution in [0.25, 0.3) is 6.08 Å². The number of thiazole rings is 1. The van der Waals surface area contributed by atoms with Crippen LogP contribution >= 0.6 is 33.9 Å². The molecule has 1 aliphatic rings. The SMILES string of the molecule is CCOC(=O)C1=C(C)N=c2s/c(=C\c3cc(I)c(OCc4ccc(C(=O)O)cc4)c(OCC)c3)c(=O)n2[C@H]1c1ccc(OC(C)C)c(OC)c1. The lowest BCUT2D eigenvalue weighted by atomic mass is 9.95. The molecule has 1 N–H and O–H groups in total. The molecule has 0 aliphatic carbocycles. The summed E-state index contributed by atoms with van der Waals surface area (Å²) >= 11 is 3.38. The highest BCUT2D eigenvalue weighted by atomic mass is 127. The summed E-state index contributed by atoms with van der Waals surface area (Å²) in [5.74, 6) is 0.481. The molecule has 1 aromatic heterocycles. The van der Waals surface area contributed by atoms with Crippen LogP contribution in [0.4, 0.5) is 0 Å². The van der Waals surface area contributed by atoms with E-state index < -0.39 is 18.0 Å². The number of carboxylic acid groups (broad SMARTS) is 1. The molecule has 5 rings (SSSR count). The Morgan fingerprint density at radius 3 is 2.40 bits per heavy atom. The minimum atomic E-state index is -0.996. The third-order valence-electron chi connectivity index (χ3n) is 7.60. The summed E-state index contributed by atoms with van der Waals surface area (Å²) in [6, 6.07) is 14.7. The topological polar surface area (TPSA) is 135 Å². The predicted octanol–water partition coefficient (Wildman–Crippen LogP) is 5.87. The predicted molar refractivity (Wildman–Crippen MR) is 197 cm³/mol. The Balaban J connectivity index is 1.57. The van der Waals surface area contributed by atoms with Crippen molar-refractivity contribution in [3.05, 3.63) is 111 Å². The second kappa shape index (κ2) is 15.9. The summed E-state index contributed by atoms with van der Waals surface area (Å²) in [5, 5.41) is 9.19. The van der Waals surface area contributed by atoms with Crippen molar-refractivity contribution in [1.29, 1.82) is 0 Å². The largest absolute Gasteiger partial charge is 0.493 e. The second-order valence-corrected chi connectivity index (χ2v) is 13.6. The minimum Gasteiger partial charge on any atom is -0.493 e. The van der Waals surface area contributed by atoms with Crippen LogP contribution in [-0.2, 0) is 16.1 Å². The van der Waals surface area contributed by atoms with E-state index in [4.69, 9.17) is 23.7 Å². The van der Waals surface area contributed by atoms with Crippen molar-refractivity contribution in [2.75, 3.05) is 20.3 Å². The zero-order chi connectivity index (χ0) is 36.1. The molecule has 3 aromatic carbocycles. The molecule has 0 unspecified atom stereocenters. The number of aromatic nitrogens is 1. The molecule has 50 heavy (non-hydrogen) atoms. The van der Waals surface area contributed by atoms with Crippen molar-refractivity contribution < 1.29 is 38.4 Å². The first-order chi connectivity index (χ1) is 23.9. The van der Waals surface area contributed by atoms with Gasteiger partial charge in [0.25, 0.3) is 5.56 Å². The molecule has 1 atom stereocenters. The molecule has 0 saturated carbocycles. The number of esters is 1. The Labute approximate surface area is 306 Å². The number of hydrogen-bond donors (Lipinski definition) is 1. The van der Waals surface area contributed by atoms with E-state index in [9.17, 15) is 19.5 Å². The van der Waals surface area contributed by atoms with Gasteiger partial charge in [-0.1, -0.05) is 29.5 Å². The Morgan fingerprint density at radius 2 is 1.76 bits per heavy atom. The van der Waals surface area contributed by atoms with Crippen LogP contribution in [0.3, 0.4) is 0 Å². The average Bonchev–Trinajstić information content (AvgIpc) is 3.37. The lowest BCUT2D eigenvalue weighted by Crippen LogP contribution is -2.40. The number of benzene rings is 3. The highest BCUT2D eigenvalue weighted by molar-refractivity contribution is 14.1. The van der Waals surface area contributed by atoms with Gasteiger partial charge in [0.15, 0.2) is 27.8 Å². The quantitative estimate of drug-likeness (QED) is 0.130. The molecule has 0 radical (unpaired) electrons. The molecule has 13 heteroatoms. The standard InChI is InChI=1S/C37H37IN2O9S/c1-7-46-29-16-23(15-26(38)33(29)48-19-22-9-11-24(12-10-22)35(42)43)17-30-34(41)40-32(25-13-14-27(49-20(3)4)28(18-25)45-6)31(36(44)47-8-2)21(5)39-37(40)50-30/h9-18,20,32H,7-8,19H2,1-6H3,(H,42,43)/b30-17-/t32-/m0/s1. The second-order valence-electron chi connectivity index (χ2n) is 11.4. The maximum absolute atomic E-state index is 14.2. The third kappa shape index (κ3) is 7.88. The molecule has 0 fully saturated rings. The molecule has 0 spiro atoms. The van der Waals surface area contributed by atoms with Crippen LogP contribution in [0.1, 0.15) is 67.7 Å². The van der Waals surface area contributed by atoms with Gasteiger partial charge >= 0.3 is 11.9 Å². The van der Waals surface area contributed by atoms with E-state index in [1.807, 2.05) is 32.9 Å². The first-order valence-electron chi connectivity index (χ1n) is 15.9. The molecule has 0 amide bonds. The van der Waals surface area contributed by atoms with Crippen molar-refractivity contribution in [3.63, 3.8) is 0 Å². The summed E-state index contributed by atoms with van der Waals surface area (Å²) in [7, 11) is 1.54. The van der Waals surface area contributed by atoms with E-state index in [1.54, 1.807) is 50.3 Å². The van der Waals surface area contributed by atoms with E-state index in [1.165, 1.54) is 35.1 Å². The van der Waals surface area contributed by atoms with E-state index in [2.05, 4.69) is 27.6 Å². The molecule has 4 aromatic rings. The number of methoxy groups -OCH3 is 1. The number of fused-ring (bicyclic) bond motifs is 1. The van der Waals surface area contributed by atoms with Crippen molar-refractivity contribution >= 4 is 51.9 Å². The normalized spacial score (nSPS) is 14.2. The van der Waals surface area contributed by atoms with Crippen molar-refractivity contribution in [3.8, 4) is 23.0 Å². The average molecular weight is 813 g/mol. The monoisotopic (exact) mass is 812 g/mol. The number of hydrogen-bond acceptors (Lipinski definition) is 10. The number of carboxylic acids is 1. The van der Waals surface area contributed by atoms with Gasteiger partial charge < -0.3 is 28.8 Å². The van der Waals surface area contributed by atoms with Crippen LogP contribution < -0.4 is 33.8 Å². The lowest BCUT2D eigenvalue weighted by Gasteiger charge is -2.25. The number of carbonyl (C=O) groups is 2. The van der Waals surface area contributed by atoms with Gasteiger partial charge in [-0.05, 0) is 116 Å². The van der Waals surface area contributed by atoms with Crippen molar-refractivity contribution in [2.24, 2.45) is 4.99 Å². The Morgan fingerprint density at radius 1 is 1.02 bits per heavy atom. The molecule has 0 saturated heterocycles. The van der Waals surface area contributed by atoms with E-state index >= 15 is 0 Å². The van der Waals surface area contributed by atoms with Crippen LogP contribution in [0.2, 0.25) is 0 Å². The zero-order valence-corrected chi connectivity index (χ0v) is 31.4. The van der Waals surface area contributed by atoms with Crippen LogP contribution in [0, 0.1) is 3.57 Å². The number of allylic oxidation sites excluding steroid dienone is 1. The highest BCUT2D eigenvalue weighted by Crippen LogP contribution is 2.37. The summed E-state index contributed by atoms with van der Waals surface area (Å²) in [6.45, 7) is 9.91. The fourth-order valence-electron chi connectivity index (χ4n) is 5.44. The van der Waals surface area contributed by atoms with Crippen molar-refractivity contribution in [2.45, 2.75) is 53.4 Å². The minimum absolute atomic E-state index is 0.0885. The van der Waals surface area contributed by atoms with Gasteiger partial charge in [0.05, 0.1) is 57.4 Å². The number of halogens is 1. The summed E-state index contributed by atoms with van der Waals surface area (Å²) < 4.78 is 31.8. The fraction of sp³-hybridized carbons (Fsp3) is 0.297. The number of nitrogens with zero attached hydrogens (tertiary/aromatic N) is 2. The van der Waals surface area contributed by atoms with Crippen LogP contribution in [-0.4, -0.2) is 48.0 Å². The smallest absolute Gasteiger partial charge is 0.338 e. The maximum Gasteiger partial charge on any atom is 0.338 e. The zero-order valence-electron chi connectivity index (χ0n) is 28.4. The lowest BCUT2D eigenvalue weighted by molar-refractivity contribution is -0.139. The highest BCUT2D eigenvalue weighted by Gasteiger charge is 2.34. The fourth-order valence-corrected chi connectivity index (χ4v) is 7.26. The molecule has 2 heterocycles. The van der Waals surface area contributed by atoms with Crippen molar-refractivity contribution in [1.82, 2.24) is 4.57 Å². The summed E-state index contributed by atoms with van der Waals surface area (Å²) in [5.41, 5.74) is 2.72. The molecule has 11 nitrogen and oxygen atoms in total. The van der Waals surface area contributed by atoms with E-state index in [0.717, 1.165) is 9.13 Å². The van der Waals surface area contributed by atoms with Gasteiger partial charge in [0, 0.05) is 0 Å². The number of rotatable bonds is 13. The van der Waals surface area contributed by atoms with Gasteiger partial charge in [-0.3, -0.25) is 9.36 Å². The molecule has 0 bridgehead atoms. The Hall–Kier alpha value is -4.63. The molecule has 1 aliphatic heterocycles. The first kappa shape index (κ1) is 36.6. The van der Waals surface area contributed by atoms with Gasteiger partial charge in [-0.2, -0.15) is 0 Å². The Kier molecular flexibility index (Phi) is 11.7. The third-order valence-corrected chi connectivity index (χ3v) is 9.38. The number of aromatic carboxylic acids is 1. The van der Waals surface area contributed by atoms with Gasteiger partial charge in [0.2, 0.25) is 0 Å². The molecule has 262 valence electrons. The molecular formula is C37H37IN2O9S. The van der Waals surface area contributed by atoms with Gasteiger partial charge in [0.1, 0.15) is 6.61 Å². The van der Waals surface area contributed by atoms with E-state index in [-0.39, 0.29) is 36.0 Å². The first-order valence-corrected chi connectivity index (χ1v) is 17.8. The van der Waals surface area contributed by atoms with Gasteiger partial charge in [-0.15, -0.1) is 0 Å². The number of carbonyl (C=O) groups excluding carboxylic acids is 1. The summed E-state index contributed by atoms with van der Waals surface area (Å²) in [4.78, 5) is 43.9. The molecular weight excluding hydrogens is 775 g/mol. The maximum atomic E-state index is 14.2. The van der Waals surface area contributed by atoms with Crippen LogP contribution in [0.15, 0.2) is 75.7 Å². The van der Waals surface area contributed by atoms with Gasteiger partial charge in [-0.25, -0.2) is 14.6 Å². The van der Waals surface area contributed by atoms with E-state index in [0.29, 0.717) is 55.8 Å². The number of ether oxygens (including phenoxy) is 5. The Bertz CT molecular complexity index is 2140.